The topological polar surface area (TPSA) is 41.1 Å². The van der Waals surface area contributed by atoms with Crippen molar-refractivity contribution in [1.29, 1.82) is 0 Å². The van der Waals surface area contributed by atoms with Gasteiger partial charge in [-0.25, -0.2) is 9.97 Å². The molecule has 2 rings (SSSR count). The summed E-state index contributed by atoms with van der Waals surface area (Å²) in [7, 11) is 4.43. The molecule has 1 fully saturated rings. The van der Waals surface area contributed by atoms with Gasteiger partial charge in [0.1, 0.15) is 5.82 Å². The van der Waals surface area contributed by atoms with E-state index in [9.17, 15) is 0 Å². The van der Waals surface area contributed by atoms with Gasteiger partial charge < -0.3 is 10.2 Å². The van der Waals surface area contributed by atoms with Gasteiger partial charge >= 0.3 is 0 Å². The molecule has 1 aliphatic rings. The summed E-state index contributed by atoms with van der Waals surface area (Å²) in [4.78, 5) is 11.0. The molecular formula is C16H28N4. The molecule has 1 N–H and O–H groups in total. The average Bonchev–Trinajstić information content (AvgIpc) is 2.38. The Labute approximate surface area is 123 Å². The monoisotopic (exact) mass is 276 g/mol. The van der Waals surface area contributed by atoms with Crippen LogP contribution in [0.1, 0.15) is 44.1 Å². The van der Waals surface area contributed by atoms with Crippen LogP contribution in [0.4, 0.5) is 0 Å². The highest BCUT2D eigenvalue weighted by atomic mass is 15.2. The summed E-state index contributed by atoms with van der Waals surface area (Å²) >= 11 is 0. The van der Waals surface area contributed by atoms with Crippen molar-refractivity contribution in [1.82, 2.24) is 20.2 Å². The second-order valence-corrected chi connectivity index (χ2v) is 6.52. The molecule has 1 heterocycles. The van der Waals surface area contributed by atoms with Crippen molar-refractivity contribution in [2.45, 2.75) is 51.6 Å². The standard InChI is InChI=1S/C16H28N4/c1-13-6-5-8-16(10-13,20(3)4)12-17-11-15-7-9-18-14(2)19-15/h7,9,13,17H,5-6,8,10-12H2,1-4H3. The van der Waals surface area contributed by atoms with E-state index < -0.39 is 0 Å². The van der Waals surface area contributed by atoms with Crippen LogP contribution in [-0.4, -0.2) is 41.0 Å². The summed E-state index contributed by atoms with van der Waals surface area (Å²) in [5, 5.41) is 3.61. The third-order valence-corrected chi connectivity index (χ3v) is 4.61. The molecule has 4 nitrogen and oxygen atoms in total. The third-order valence-electron chi connectivity index (χ3n) is 4.61. The Morgan fingerprint density at radius 2 is 2.25 bits per heavy atom. The fourth-order valence-corrected chi connectivity index (χ4v) is 3.38. The number of aromatic nitrogens is 2. The van der Waals surface area contributed by atoms with Crippen molar-refractivity contribution in [3.05, 3.63) is 23.8 Å². The van der Waals surface area contributed by atoms with E-state index in [0.29, 0.717) is 5.54 Å². The van der Waals surface area contributed by atoms with E-state index in [0.717, 1.165) is 30.5 Å². The van der Waals surface area contributed by atoms with Crippen LogP contribution in [-0.2, 0) is 6.54 Å². The molecule has 1 aromatic heterocycles. The van der Waals surface area contributed by atoms with Gasteiger partial charge in [0, 0.05) is 24.8 Å². The Hall–Kier alpha value is -1.00. The zero-order valence-corrected chi connectivity index (χ0v) is 13.3. The molecular weight excluding hydrogens is 248 g/mol. The maximum Gasteiger partial charge on any atom is 0.125 e. The Bertz CT molecular complexity index is 432. The first-order valence-electron chi connectivity index (χ1n) is 7.68. The lowest BCUT2D eigenvalue weighted by Gasteiger charge is -2.45. The highest BCUT2D eigenvalue weighted by Gasteiger charge is 2.36. The summed E-state index contributed by atoms with van der Waals surface area (Å²) in [6, 6.07) is 1.99. The first kappa shape index (κ1) is 15.4. The summed E-state index contributed by atoms with van der Waals surface area (Å²) in [6.07, 6.45) is 7.13. The van der Waals surface area contributed by atoms with E-state index in [2.05, 4.69) is 41.2 Å². The fourth-order valence-electron chi connectivity index (χ4n) is 3.38. The van der Waals surface area contributed by atoms with Gasteiger partial charge in [0.25, 0.3) is 0 Å². The molecule has 0 aromatic carbocycles. The Balaban J connectivity index is 1.93. The molecule has 1 aliphatic carbocycles. The van der Waals surface area contributed by atoms with Crippen LogP contribution in [0.25, 0.3) is 0 Å². The molecule has 4 heteroatoms. The second-order valence-electron chi connectivity index (χ2n) is 6.52. The van der Waals surface area contributed by atoms with E-state index >= 15 is 0 Å². The van der Waals surface area contributed by atoms with Gasteiger partial charge in [-0.05, 0) is 45.8 Å². The highest BCUT2D eigenvalue weighted by molar-refractivity contribution is 5.02. The highest BCUT2D eigenvalue weighted by Crippen LogP contribution is 2.35. The average molecular weight is 276 g/mol. The van der Waals surface area contributed by atoms with Crippen LogP contribution in [0.3, 0.4) is 0 Å². The van der Waals surface area contributed by atoms with Crippen molar-refractivity contribution in [3.63, 3.8) is 0 Å². The molecule has 0 spiro atoms. The van der Waals surface area contributed by atoms with Gasteiger partial charge in [-0.1, -0.05) is 19.8 Å². The third kappa shape index (κ3) is 3.76. The molecule has 0 aliphatic heterocycles. The largest absolute Gasteiger partial charge is 0.309 e. The smallest absolute Gasteiger partial charge is 0.125 e. The molecule has 0 amide bonds. The van der Waals surface area contributed by atoms with Crippen LogP contribution in [0.15, 0.2) is 12.3 Å². The quantitative estimate of drug-likeness (QED) is 0.896. The van der Waals surface area contributed by atoms with Crippen molar-refractivity contribution < 1.29 is 0 Å². The van der Waals surface area contributed by atoms with Gasteiger partial charge in [0.05, 0.1) is 5.69 Å². The Morgan fingerprint density at radius 3 is 2.90 bits per heavy atom. The van der Waals surface area contributed by atoms with Gasteiger partial charge in [0.15, 0.2) is 0 Å². The lowest BCUT2D eigenvalue weighted by Crippen LogP contribution is -2.54. The van der Waals surface area contributed by atoms with Gasteiger partial charge in [-0.3, -0.25) is 0 Å². The summed E-state index contributed by atoms with van der Waals surface area (Å²) in [6.45, 7) is 6.18. The Kier molecular flexibility index (Phi) is 5.11. The number of rotatable bonds is 5. The van der Waals surface area contributed by atoms with Gasteiger partial charge in [-0.2, -0.15) is 0 Å². The van der Waals surface area contributed by atoms with E-state index in [1.54, 1.807) is 0 Å². The predicted molar refractivity (Wildman–Crippen MR) is 82.5 cm³/mol. The number of hydrogen-bond acceptors (Lipinski definition) is 4. The second kappa shape index (κ2) is 6.64. The minimum Gasteiger partial charge on any atom is -0.309 e. The van der Waals surface area contributed by atoms with Crippen LogP contribution in [0, 0.1) is 12.8 Å². The maximum absolute atomic E-state index is 4.45. The summed E-state index contributed by atoms with van der Waals surface area (Å²) in [5.74, 6) is 1.67. The van der Waals surface area contributed by atoms with Crippen molar-refractivity contribution >= 4 is 0 Å². The first-order chi connectivity index (χ1) is 9.52. The number of hydrogen-bond donors (Lipinski definition) is 1. The van der Waals surface area contributed by atoms with Gasteiger partial charge in [-0.15, -0.1) is 0 Å². The molecule has 1 aromatic rings. The van der Waals surface area contributed by atoms with E-state index in [4.69, 9.17) is 0 Å². The minimum atomic E-state index is 0.305. The summed E-state index contributed by atoms with van der Waals surface area (Å²) < 4.78 is 0. The van der Waals surface area contributed by atoms with Crippen LogP contribution >= 0.6 is 0 Å². The fraction of sp³-hybridized carbons (Fsp3) is 0.750. The SMILES string of the molecule is Cc1nccc(CNCC2(N(C)C)CCCC(C)C2)n1. The van der Waals surface area contributed by atoms with Crippen molar-refractivity contribution in [3.8, 4) is 0 Å². The molecule has 0 saturated heterocycles. The Morgan fingerprint density at radius 1 is 1.45 bits per heavy atom. The zero-order valence-electron chi connectivity index (χ0n) is 13.3. The number of nitrogens with zero attached hydrogens (tertiary/aromatic N) is 3. The summed E-state index contributed by atoms with van der Waals surface area (Å²) in [5.41, 5.74) is 1.38. The molecule has 112 valence electrons. The predicted octanol–water partition coefficient (Wildman–Crippen LogP) is 2.39. The minimum absolute atomic E-state index is 0.305. The lowest BCUT2D eigenvalue weighted by molar-refractivity contribution is 0.0749. The molecule has 2 atom stereocenters. The molecule has 0 bridgehead atoms. The van der Waals surface area contributed by atoms with Crippen molar-refractivity contribution in [2.75, 3.05) is 20.6 Å². The molecule has 1 saturated carbocycles. The van der Waals surface area contributed by atoms with Crippen LogP contribution < -0.4 is 5.32 Å². The normalized spacial score (nSPS) is 26.9. The van der Waals surface area contributed by atoms with Crippen LogP contribution in [0.2, 0.25) is 0 Å². The number of aryl methyl sites for hydroxylation is 1. The van der Waals surface area contributed by atoms with E-state index in [-0.39, 0.29) is 0 Å². The van der Waals surface area contributed by atoms with Gasteiger partial charge in [0.2, 0.25) is 0 Å². The molecule has 2 unspecified atom stereocenters. The molecule has 0 radical (unpaired) electrons. The first-order valence-corrected chi connectivity index (χ1v) is 7.68. The maximum atomic E-state index is 4.45. The number of likely N-dealkylation sites (N-methyl/N-ethyl adjacent to an activating group) is 1. The van der Waals surface area contributed by atoms with E-state index in [1.807, 2.05) is 19.2 Å². The number of nitrogens with one attached hydrogen (secondary N) is 1. The zero-order chi connectivity index (χ0) is 14.6. The molecule has 20 heavy (non-hydrogen) atoms. The van der Waals surface area contributed by atoms with Crippen LogP contribution in [0.5, 0.6) is 0 Å². The van der Waals surface area contributed by atoms with Crippen molar-refractivity contribution in [2.24, 2.45) is 5.92 Å². The van der Waals surface area contributed by atoms with E-state index in [1.165, 1.54) is 25.7 Å². The lowest BCUT2D eigenvalue weighted by atomic mass is 9.75.